The number of nitrogens with zero attached hydrogens (tertiary/aromatic N) is 1. The highest BCUT2D eigenvalue weighted by atomic mass is 35.5. The van der Waals surface area contributed by atoms with Crippen LogP contribution in [-0.2, 0) is 4.79 Å². The number of hydrogen-bond donors (Lipinski definition) is 0. The van der Waals surface area contributed by atoms with E-state index in [4.69, 9.17) is 11.6 Å². The van der Waals surface area contributed by atoms with Gasteiger partial charge < -0.3 is 4.90 Å². The van der Waals surface area contributed by atoms with Gasteiger partial charge in [-0.25, -0.2) is 0 Å². The van der Waals surface area contributed by atoms with Gasteiger partial charge in [0, 0.05) is 24.4 Å². The summed E-state index contributed by atoms with van der Waals surface area (Å²) in [6.45, 7) is 0.945. The molecule has 1 amide bonds. The molecule has 0 aromatic carbocycles. The summed E-state index contributed by atoms with van der Waals surface area (Å²) in [5.74, 6) is 3.12. The van der Waals surface area contributed by atoms with E-state index in [1.807, 2.05) is 0 Å². The van der Waals surface area contributed by atoms with Crippen molar-refractivity contribution in [3.63, 3.8) is 0 Å². The van der Waals surface area contributed by atoms with Crippen molar-refractivity contribution in [3.05, 3.63) is 0 Å². The van der Waals surface area contributed by atoms with Crippen LogP contribution in [0.15, 0.2) is 0 Å². The molecule has 0 aromatic rings. The molecule has 1 saturated heterocycles. The number of carbonyl (C=O) groups is 1. The molecule has 4 atom stereocenters. The molecule has 0 bridgehead atoms. The number of alkyl halides is 1. The molecule has 114 valence electrons. The standard InChI is InChI=1S/C17H28ClNO/c18-12-16-7-3-4-10-19(16)17(20)15-9-8-13-5-1-2-6-14(13)11-15/h13-16H,1-12H2. The number of fused-ring (bicyclic) bond motifs is 1. The van der Waals surface area contributed by atoms with Crippen LogP contribution in [0.1, 0.15) is 64.2 Å². The van der Waals surface area contributed by atoms with Crippen molar-refractivity contribution in [2.45, 2.75) is 70.3 Å². The Morgan fingerprint density at radius 2 is 1.70 bits per heavy atom. The Balaban J connectivity index is 1.61. The maximum atomic E-state index is 12.9. The lowest BCUT2D eigenvalue weighted by Crippen LogP contribution is -2.48. The Morgan fingerprint density at radius 3 is 2.50 bits per heavy atom. The third-order valence-corrected chi connectivity index (χ3v) is 6.33. The second kappa shape index (κ2) is 6.68. The molecular weight excluding hydrogens is 270 g/mol. The highest BCUT2D eigenvalue weighted by Gasteiger charge is 2.38. The van der Waals surface area contributed by atoms with E-state index in [2.05, 4.69) is 4.90 Å². The molecule has 2 nitrogen and oxygen atoms in total. The van der Waals surface area contributed by atoms with E-state index in [1.54, 1.807) is 0 Å². The van der Waals surface area contributed by atoms with Crippen LogP contribution in [0.2, 0.25) is 0 Å². The molecule has 1 aliphatic heterocycles. The first-order chi connectivity index (χ1) is 9.79. The zero-order valence-corrected chi connectivity index (χ0v) is 13.3. The van der Waals surface area contributed by atoms with Crippen LogP contribution in [0.5, 0.6) is 0 Å². The van der Waals surface area contributed by atoms with E-state index in [-0.39, 0.29) is 0 Å². The van der Waals surface area contributed by atoms with Crippen LogP contribution in [0.25, 0.3) is 0 Å². The monoisotopic (exact) mass is 297 g/mol. The minimum Gasteiger partial charge on any atom is -0.338 e. The van der Waals surface area contributed by atoms with Gasteiger partial charge in [0.2, 0.25) is 5.91 Å². The van der Waals surface area contributed by atoms with Crippen LogP contribution in [-0.4, -0.2) is 29.3 Å². The molecule has 2 saturated carbocycles. The zero-order chi connectivity index (χ0) is 13.9. The van der Waals surface area contributed by atoms with Gasteiger partial charge in [0.15, 0.2) is 0 Å². The molecular formula is C17H28ClNO. The first-order valence-corrected chi connectivity index (χ1v) is 9.19. The fourth-order valence-corrected chi connectivity index (χ4v) is 5.10. The SMILES string of the molecule is O=C(C1CCC2CCCCC2C1)N1CCCCC1CCl. The lowest BCUT2D eigenvalue weighted by atomic mass is 9.67. The number of amides is 1. The molecule has 3 heteroatoms. The zero-order valence-electron chi connectivity index (χ0n) is 12.5. The van der Waals surface area contributed by atoms with Crippen molar-refractivity contribution < 1.29 is 4.79 Å². The van der Waals surface area contributed by atoms with Crippen LogP contribution >= 0.6 is 11.6 Å². The summed E-state index contributed by atoms with van der Waals surface area (Å²) in [6.07, 6.45) is 12.7. The summed E-state index contributed by atoms with van der Waals surface area (Å²) >= 11 is 6.07. The van der Waals surface area contributed by atoms with Crippen molar-refractivity contribution in [2.75, 3.05) is 12.4 Å². The van der Waals surface area contributed by atoms with E-state index in [0.717, 1.165) is 44.1 Å². The van der Waals surface area contributed by atoms with E-state index in [9.17, 15) is 4.79 Å². The fourth-order valence-electron chi connectivity index (χ4n) is 4.78. The van der Waals surface area contributed by atoms with Gasteiger partial charge in [-0.2, -0.15) is 0 Å². The van der Waals surface area contributed by atoms with Gasteiger partial charge in [0.05, 0.1) is 0 Å². The second-order valence-corrected chi connectivity index (χ2v) is 7.46. The fraction of sp³-hybridized carbons (Fsp3) is 0.941. The Labute approximate surface area is 128 Å². The van der Waals surface area contributed by atoms with Crippen LogP contribution in [0.3, 0.4) is 0 Å². The molecule has 0 N–H and O–H groups in total. The van der Waals surface area contributed by atoms with E-state index in [0.29, 0.717) is 23.7 Å². The van der Waals surface area contributed by atoms with Crippen LogP contribution < -0.4 is 0 Å². The second-order valence-electron chi connectivity index (χ2n) is 7.15. The van der Waals surface area contributed by atoms with Crippen molar-refractivity contribution in [1.29, 1.82) is 0 Å². The highest BCUT2D eigenvalue weighted by Crippen LogP contribution is 2.43. The summed E-state index contributed by atoms with van der Waals surface area (Å²) in [4.78, 5) is 15.0. The number of halogens is 1. The summed E-state index contributed by atoms with van der Waals surface area (Å²) in [6, 6.07) is 0.307. The molecule has 3 fully saturated rings. The molecule has 4 unspecified atom stereocenters. The number of likely N-dealkylation sites (tertiary alicyclic amines) is 1. The van der Waals surface area contributed by atoms with Gasteiger partial charge in [0.25, 0.3) is 0 Å². The van der Waals surface area contributed by atoms with Crippen LogP contribution in [0, 0.1) is 17.8 Å². The third kappa shape index (κ3) is 3.00. The van der Waals surface area contributed by atoms with E-state index < -0.39 is 0 Å². The maximum absolute atomic E-state index is 12.9. The minimum absolute atomic E-state index is 0.304. The number of rotatable bonds is 2. The maximum Gasteiger partial charge on any atom is 0.225 e. The van der Waals surface area contributed by atoms with E-state index >= 15 is 0 Å². The van der Waals surface area contributed by atoms with Crippen molar-refractivity contribution in [1.82, 2.24) is 4.90 Å². The highest BCUT2D eigenvalue weighted by molar-refractivity contribution is 6.18. The van der Waals surface area contributed by atoms with Gasteiger partial charge in [-0.05, 0) is 50.4 Å². The predicted octanol–water partition coefficient (Wildman–Crippen LogP) is 4.21. The van der Waals surface area contributed by atoms with Gasteiger partial charge in [-0.3, -0.25) is 4.79 Å². The quantitative estimate of drug-likeness (QED) is 0.699. The van der Waals surface area contributed by atoms with Gasteiger partial charge >= 0.3 is 0 Å². The number of hydrogen-bond acceptors (Lipinski definition) is 1. The van der Waals surface area contributed by atoms with Gasteiger partial charge in [0.1, 0.15) is 0 Å². The number of carbonyl (C=O) groups excluding carboxylic acids is 1. The van der Waals surface area contributed by atoms with Gasteiger partial charge in [-0.15, -0.1) is 11.6 Å². The largest absolute Gasteiger partial charge is 0.338 e. The average Bonchev–Trinajstić information content (AvgIpc) is 2.53. The Hall–Kier alpha value is -0.240. The first-order valence-electron chi connectivity index (χ1n) is 8.66. The van der Waals surface area contributed by atoms with Gasteiger partial charge in [-0.1, -0.05) is 25.7 Å². The topological polar surface area (TPSA) is 20.3 Å². The predicted molar refractivity (Wildman–Crippen MR) is 82.9 cm³/mol. The Morgan fingerprint density at radius 1 is 0.950 bits per heavy atom. The van der Waals surface area contributed by atoms with Crippen LogP contribution in [0.4, 0.5) is 0 Å². The van der Waals surface area contributed by atoms with Crippen molar-refractivity contribution >= 4 is 17.5 Å². The molecule has 0 aromatic heterocycles. The summed E-state index contributed by atoms with van der Waals surface area (Å²) < 4.78 is 0. The summed E-state index contributed by atoms with van der Waals surface area (Å²) in [5.41, 5.74) is 0. The average molecular weight is 298 g/mol. The van der Waals surface area contributed by atoms with Crippen molar-refractivity contribution in [3.8, 4) is 0 Å². The van der Waals surface area contributed by atoms with E-state index in [1.165, 1.54) is 38.5 Å². The first kappa shape index (κ1) is 14.7. The molecule has 0 radical (unpaired) electrons. The lowest BCUT2D eigenvalue weighted by molar-refractivity contribution is -0.141. The minimum atomic E-state index is 0.304. The normalized spacial score (nSPS) is 38.4. The lowest BCUT2D eigenvalue weighted by Gasteiger charge is -2.42. The molecule has 0 spiro atoms. The Kier molecular flexibility index (Phi) is 4.91. The summed E-state index contributed by atoms with van der Waals surface area (Å²) in [5, 5.41) is 0. The van der Waals surface area contributed by atoms with Crippen molar-refractivity contribution in [2.24, 2.45) is 17.8 Å². The summed E-state index contributed by atoms with van der Waals surface area (Å²) in [7, 11) is 0. The number of piperidine rings is 1. The smallest absolute Gasteiger partial charge is 0.225 e. The molecule has 2 aliphatic carbocycles. The molecule has 1 heterocycles. The molecule has 3 aliphatic rings. The molecule has 3 rings (SSSR count). The third-order valence-electron chi connectivity index (χ3n) is 5.98. The Bertz CT molecular complexity index is 346. The molecule has 20 heavy (non-hydrogen) atoms.